The molecule has 1 fully saturated rings. The Kier molecular flexibility index (Phi) is 6.08. The number of hydrogen-bond donors (Lipinski definition) is 0. The molecule has 0 unspecified atom stereocenters. The zero-order valence-corrected chi connectivity index (χ0v) is 19.5. The summed E-state index contributed by atoms with van der Waals surface area (Å²) in [6, 6.07) is 17.7. The highest BCUT2D eigenvalue weighted by atomic mass is 35.5. The van der Waals surface area contributed by atoms with Gasteiger partial charge in [0.05, 0.1) is 22.7 Å². The molecule has 7 nitrogen and oxygen atoms in total. The highest BCUT2D eigenvalue weighted by Gasteiger charge is 2.36. The Bertz CT molecular complexity index is 1310. The molecule has 0 radical (unpaired) electrons. The number of thioether (sulfide) groups is 1. The fraction of sp³-hybridized carbons (Fsp3) is 0.120. The van der Waals surface area contributed by atoms with Crippen molar-refractivity contribution in [2.24, 2.45) is 0 Å². The number of halogens is 1. The van der Waals surface area contributed by atoms with E-state index >= 15 is 0 Å². The molecule has 0 aromatic heterocycles. The summed E-state index contributed by atoms with van der Waals surface area (Å²) in [5.74, 6) is 1.75. The van der Waals surface area contributed by atoms with Gasteiger partial charge >= 0.3 is 0 Å². The SMILES string of the molecule is COc1cc(/C=C2\SC(=O)N(c3ccccc3)C2=O)cc(Cl)c1OCc1ccc2c(c1)OCO2. The smallest absolute Gasteiger partial charge is 0.298 e. The van der Waals surface area contributed by atoms with E-state index in [0.29, 0.717) is 44.2 Å². The number of para-hydroxylation sites is 1. The third-order valence-electron chi connectivity index (χ3n) is 5.18. The fourth-order valence-corrected chi connectivity index (χ4v) is 4.68. The first kappa shape index (κ1) is 22.2. The highest BCUT2D eigenvalue weighted by Crippen LogP contribution is 2.40. The molecule has 5 rings (SSSR count). The van der Waals surface area contributed by atoms with E-state index in [4.69, 9.17) is 30.5 Å². The number of benzene rings is 3. The van der Waals surface area contributed by atoms with Gasteiger partial charge in [-0.3, -0.25) is 9.59 Å². The molecule has 9 heteroatoms. The topological polar surface area (TPSA) is 74.3 Å². The molecule has 3 aromatic rings. The third-order valence-corrected chi connectivity index (χ3v) is 6.33. The summed E-state index contributed by atoms with van der Waals surface area (Å²) in [5, 5.41) is -0.0437. The van der Waals surface area contributed by atoms with Crippen LogP contribution in [0.5, 0.6) is 23.0 Å². The molecule has 0 bridgehead atoms. The van der Waals surface area contributed by atoms with Crippen molar-refractivity contribution < 1.29 is 28.5 Å². The van der Waals surface area contributed by atoms with Gasteiger partial charge in [-0.2, -0.15) is 0 Å². The zero-order chi connectivity index (χ0) is 23.7. The van der Waals surface area contributed by atoms with Gasteiger partial charge in [-0.1, -0.05) is 35.9 Å². The second kappa shape index (κ2) is 9.32. The molecule has 2 aliphatic heterocycles. The van der Waals surface area contributed by atoms with Crippen LogP contribution >= 0.6 is 23.4 Å². The van der Waals surface area contributed by atoms with Crippen molar-refractivity contribution in [1.82, 2.24) is 0 Å². The van der Waals surface area contributed by atoms with Crippen molar-refractivity contribution in [3.8, 4) is 23.0 Å². The standard InChI is InChI=1S/C25H18ClNO6S/c1-30-21-11-16(12-22-24(28)27(25(29)34-22)17-5-3-2-4-6-17)9-18(26)23(21)31-13-15-7-8-19-20(10-15)33-14-32-19/h2-12H,13-14H2,1H3/b22-12-. The Balaban J connectivity index is 1.37. The van der Waals surface area contributed by atoms with E-state index in [9.17, 15) is 9.59 Å². The molecule has 2 aliphatic rings. The van der Waals surface area contributed by atoms with Crippen LogP contribution in [0, 0.1) is 0 Å². The van der Waals surface area contributed by atoms with E-state index in [1.54, 1.807) is 42.5 Å². The third kappa shape index (κ3) is 4.30. The number of amides is 2. The molecular weight excluding hydrogens is 478 g/mol. The van der Waals surface area contributed by atoms with Crippen LogP contribution in [-0.4, -0.2) is 25.0 Å². The second-order valence-corrected chi connectivity index (χ2v) is 8.76. The zero-order valence-electron chi connectivity index (χ0n) is 17.9. The molecule has 0 spiro atoms. The van der Waals surface area contributed by atoms with Crippen molar-refractivity contribution >= 4 is 46.3 Å². The van der Waals surface area contributed by atoms with Crippen LogP contribution in [0.15, 0.2) is 65.6 Å². The molecule has 3 aromatic carbocycles. The maximum Gasteiger partial charge on any atom is 0.298 e. The van der Waals surface area contributed by atoms with Gasteiger partial charge in [0, 0.05) is 0 Å². The summed E-state index contributed by atoms with van der Waals surface area (Å²) < 4.78 is 22.1. The van der Waals surface area contributed by atoms with E-state index in [1.807, 2.05) is 24.3 Å². The minimum atomic E-state index is -0.389. The maximum atomic E-state index is 12.9. The number of fused-ring (bicyclic) bond motifs is 1. The van der Waals surface area contributed by atoms with Gasteiger partial charge in [0.25, 0.3) is 11.1 Å². The van der Waals surface area contributed by atoms with Crippen LogP contribution < -0.4 is 23.8 Å². The summed E-state index contributed by atoms with van der Waals surface area (Å²) >= 11 is 7.37. The van der Waals surface area contributed by atoms with Crippen LogP contribution in [0.3, 0.4) is 0 Å². The predicted molar refractivity (Wildman–Crippen MR) is 130 cm³/mol. The number of nitrogens with zero attached hydrogens (tertiary/aromatic N) is 1. The molecule has 2 heterocycles. The van der Waals surface area contributed by atoms with Crippen LogP contribution in [0.4, 0.5) is 10.5 Å². The predicted octanol–water partition coefficient (Wildman–Crippen LogP) is 5.90. The lowest BCUT2D eigenvalue weighted by Gasteiger charge is -2.14. The van der Waals surface area contributed by atoms with Crippen LogP contribution in [0.2, 0.25) is 5.02 Å². The van der Waals surface area contributed by atoms with Crippen LogP contribution in [-0.2, 0) is 11.4 Å². The minimum Gasteiger partial charge on any atom is -0.493 e. The maximum absolute atomic E-state index is 12.9. The number of carbonyl (C=O) groups excluding carboxylic acids is 2. The average Bonchev–Trinajstić information content (AvgIpc) is 3.41. The Morgan fingerprint density at radius 1 is 1.06 bits per heavy atom. The van der Waals surface area contributed by atoms with E-state index < -0.39 is 0 Å². The fourth-order valence-electron chi connectivity index (χ4n) is 3.57. The van der Waals surface area contributed by atoms with Gasteiger partial charge in [-0.15, -0.1) is 0 Å². The van der Waals surface area contributed by atoms with E-state index in [-0.39, 0.29) is 24.5 Å². The molecule has 0 saturated carbocycles. The molecule has 2 amide bonds. The first-order valence-corrected chi connectivity index (χ1v) is 11.4. The molecule has 0 atom stereocenters. The number of imide groups is 1. The molecule has 34 heavy (non-hydrogen) atoms. The normalized spacial score (nSPS) is 15.8. The van der Waals surface area contributed by atoms with Gasteiger partial charge < -0.3 is 18.9 Å². The molecule has 1 saturated heterocycles. The summed E-state index contributed by atoms with van der Waals surface area (Å²) in [5.41, 5.74) is 2.01. The Labute approximate surface area is 204 Å². The molecular formula is C25H18ClNO6S. The van der Waals surface area contributed by atoms with E-state index in [0.717, 1.165) is 22.2 Å². The molecule has 0 aliphatic carbocycles. The average molecular weight is 496 g/mol. The lowest BCUT2D eigenvalue weighted by atomic mass is 10.1. The van der Waals surface area contributed by atoms with Gasteiger partial charge in [-0.25, -0.2) is 4.90 Å². The summed E-state index contributed by atoms with van der Waals surface area (Å²) in [7, 11) is 1.51. The highest BCUT2D eigenvalue weighted by molar-refractivity contribution is 8.19. The van der Waals surface area contributed by atoms with Crippen molar-refractivity contribution in [3.05, 3.63) is 81.7 Å². The van der Waals surface area contributed by atoms with Gasteiger partial charge in [0.15, 0.2) is 23.0 Å². The van der Waals surface area contributed by atoms with E-state index in [1.165, 1.54) is 7.11 Å². The number of carbonyl (C=O) groups is 2. The van der Waals surface area contributed by atoms with Crippen molar-refractivity contribution in [2.75, 3.05) is 18.8 Å². The largest absolute Gasteiger partial charge is 0.493 e. The van der Waals surface area contributed by atoms with E-state index in [2.05, 4.69) is 0 Å². The lowest BCUT2D eigenvalue weighted by molar-refractivity contribution is -0.113. The Morgan fingerprint density at radius 2 is 1.85 bits per heavy atom. The number of rotatable bonds is 6. The first-order valence-electron chi connectivity index (χ1n) is 10.3. The summed E-state index contributed by atoms with van der Waals surface area (Å²) in [4.78, 5) is 26.8. The molecule has 172 valence electrons. The van der Waals surface area contributed by atoms with Gasteiger partial charge in [0.2, 0.25) is 6.79 Å². The second-order valence-electron chi connectivity index (χ2n) is 7.36. The molecule has 0 N–H and O–H groups in total. The quantitative estimate of drug-likeness (QED) is 0.394. The van der Waals surface area contributed by atoms with Crippen LogP contribution in [0.1, 0.15) is 11.1 Å². The minimum absolute atomic E-state index is 0.200. The van der Waals surface area contributed by atoms with Gasteiger partial charge in [0.1, 0.15) is 6.61 Å². The van der Waals surface area contributed by atoms with Crippen LogP contribution in [0.25, 0.3) is 6.08 Å². The lowest BCUT2D eigenvalue weighted by Crippen LogP contribution is -2.27. The summed E-state index contributed by atoms with van der Waals surface area (Å²) in [6.07, 6.45) is 1.61. The number of ether oxygens (including phenoxy) is 4. The number of methoxy groups -OCH3 is 1. The Morgan fingerprint density at radius 3 is 2.65 bits per heavy atom. The van der Waals surface area contributed by atoms with Crippen molar-refractivity contribution in [2.45, 2.75) is 6.61 Å². The summed E-state index contributed by atoms with van der Waals surface area (Å²) in [6.45, 7) is 0.438. The number of hydrogen-bond acceptors (Lipinski definition) is 7. The van der Waals surface area contributed by atoms with Gasteiger partial charge in [-0.05, 0) is 65.4 Å². The Hall–Kier alpha value is -3.62. The number of anilines is 1. The first-order chi connectivity index (χ1) is 16.5. The monoisotopic (exact) mass is 495 g/mol. The van der Waals surface area contributed by atoms with Crippen molar-refractivity contribution in [3.63, 3.8) is 0 Å². The van der Waals surface area contributed by atoms with Crippen molar-refractivity contribution in [1.29, 1.82) is 0 Å².